The predicted octanol–water partition coefficient (Wildman–Crippen LogP) is 4.25. The van der Waals surface area contributed by atoms with Gasteiger partial charge >= 0.3 is 6.09 Å². The summed E-state index contributed by atoms with van der Waals surface area (Å²) in [6, 6.07) is 5.60. The zero-order chi connectivity index (χ0) is 24.3. The number of alkyl halides is 1. The first kappa shape index (κ1) is 23.9. The molecule has 0 bridgehead atoms. The lowest BCUT2D eigenvalue weighted by Gasteiger charge is -2.38. The van der Waals surface area contributed by atoms with E-state index < -0.39 is 17.4 Å². The van der Waals surface area contributed by atoms with Crippen LogP contribution in [0.4, 0.5) is 15.0 Å². The third-order valence-corrected chi connectivity index (χ3v) is 5.54. The zero-order valence-corrected chi connectivity index (χ0v) is 20.0. The predicted molar refractivity (Wildman–Crippen MR) is 127 cm³/mol. The number of ether oxygens (including phenoxy) is 2. The van der Waals surface area contributed by atoms with E-state index in [2.05, 4.69) is 15.4 Å². The average Bonchev–Trinajstić information content (AvgIpc) is 3.25. The van der Waals surface area contributed by atoms with Gasteiger partial charge in [0.05, 0.1) is 30.5 Å². The molecule has 1 saturated heterocycles. The number of rotatable bonds is 6. The van der Waals surface area contributed by atoms with E-state index in [0.29, 0.717) is 37.6 Å². The van der Waals surface area contributed by atoms with Crippen molar-refractivity contribution in [3.63, 3.8) is 0 Å². The summed E-state index contributed by atoms with van der Waals surface area (Å²) in [6.07, 6.45) is 5.67. The van der Waals surface area contributed by atoms with Crippen molar-refractivity contribution >= 4 is 22.8 Å². The number of methoxy groups -OCH3 is 1. The lowest BCUT2D eigenvalue weighted by atomic mass is 9.94. The van der Waals surface area contributed by atoms with Gasteiger partial charge in [0, 0.05) is 37.0 Å². The summed E-state index contributed by atoms with van der Waals surface area (Å²) in [7, 11) is 1.60. The molecule has 1 aliphatic rings. The first-order chi connectivity index (χ1) is 16.2. The summed E-state index contributed by atoms with van der Waals surface area (Å²) in [5, 5.41) is 8.26. The third-order valence-electron chi connectivity index (χ3n) is 5.54. The van der Waals surface area contributed by atoms with Gasteiger partial charge in [-0.3, -0.25) is 4.98 Å². The Labute approximate surface area is 198 Å². The van der Waals surface area contributed by atoms with Crippen LogP contribution in [0.15, 0.2) is 36.8 Å². The molecule has 0 spiro atoms. The number of pyridine rings is 2. The molecule has 1 amide bonds. The van der Waals surface area contributed by atoms with Crippen molar-refractivity contribution in [2.75, 3.05) is 32.1 Å². The quantitative estimate of drug-likeness (QED) is 0.576. The summed E-state index contributed by atoms with van der Waals surface area (Å²) in [6.45, 7) is 6.19. The van der Waals surface area contributed by atoms with Gasteiger partial charge in [-0.1, -0.05) is 0 Å². The molecule has 9 nitrogen and oxygen atoms in total. The summed E-state index contributed by atoms with van der Waals surface area (Å²) >= 11 is 0. The number of piperidine rings is 1. The van der Waals surface area contributed by atoms with Gasteiger partial charge in [-0.25, -0.2) is 18.9 Å². The van der Waals surface area contributed by atoms with Crippen molar-refractivity contribution in [2.45, 2.75) is 51.6 Å². The fraction of sp³-hybridized carbons (Fsp3) is 0.500. The zero-order valence-electron chi connectivity index (χ0n) is 20.0. The van der Waals surface area contributed by atoms with Crippen LogP contribution in [0.2, 0.25) is 0 Å². The molecule has 4 rings (SSSR count). The van der Waals surface area contributed by atoms with E-state index in [9.17, 15) is 4.79 Å². The minimum absolute atomic E-state index is 0.00961. The molecular formula is C24H31FN6O3. The molecule has 4 heterocycles. The summed E-state index contributed by atoms with van der Waals surface area (Å²) in [4.78, 5) is 23.1. The smallest absolute Gasteiger partial charge is 0.410 e. The van der Waals surface area contributed by atoms with Crippen LogP contribution in [-0.4, -0.2) is 68.8 Å². The van der Waals surface area contributed by atoms with Crippen LogP contribution in [0.5, 0.6) is 0 Å². The van der Waals surface area contributed by atoms with E-state index in [0.717, 1.165) is 16.5 Å². The lowest BCUT2D eigenvalue weighted by molar-refractivity contribution is -0.00210. The van der Waals surface area contributed by atoms with E-state index >= 15 is 4.39 Å². The largest absolute Gasteiger partial charge is 0.444 e. The Kier molecular flexibility index (Phi) is 6.70. The molecular weight excluding hydrogens is 439 g/mol. The Balaban J connectivity index is 1.54. The second-order valence-corrected chi connectivity index (χ2v) is 9.62. The first-order valence-corrected chi connectivity index (χ1v) is 11.3. The van der Waals surface area contributed by atoms with Crippen molar-refractivity contribution in [2.24, 2.45) is 0 Å². The van der Waals surface area contributed by atoms with Crippen LogP contribution in [0.1, 0.15) is 33.6 Å². The molecule has 1 unspecified atom stereocenters. The number of halogens is 1. The van der Waals surface area contributed by atoms with Crippen molar-refractivity contribution in [1.29, 1.82) is 0 Å². The first-order valence-electron chi connectivity index (χ1n) is 11.3. The monoisotopic (exact) mass is 470 g/mol. The highest BCUT2D eigenvalue weighted by atomic mass is 19.1. The van der Waals surface area contributed by atoms with Crippen molar-refractivity contribution in [1.82, 2.24) is 24.6 Å². The van der Waals surface area contributed by atoms with Gasteiger partial charge < -0.3 is 19.7 Å². The number of amides is 1. The Morgan fingerprint density at radius 3 is 2.94 bits per heavy atom. The molecule has 0 radical (unpaired) electrons. The highest BCUT2D eigenvalue weighted by Gasteiger charge is 2.38. The molecule has 3 aromatic rings. The standard InChI is InChI=1S/C24H31FN6O3/c1-23(2,3)34-22(32)30-10-6-8-24(25,15-30)14-27-21-18-7-5-9-26-20(18)11-19(29-21)17-12-28-31(13-17)16-33-4/h5,7,9,11-13H,6,8,10,14-16H2,1-4H3,(H,27,29). The third kappa shape index (κ3) is 5.61. The van der Waals surface area contributed by atoms with Gasteiger partial charge in [0.25, 0.3) is 0 Å². The van der Waals surface area contributed by atoms with E-state index in [1.54, 1.807) is 45.0 Å². The molecule has 0 aromatic carbocycles. The maximum absolute atomic E-state index is 15.8. The maximum Gasteiger partial charge on any atom is 0.410 e. The van der Waals surface area contributed by atoms with Gasteiger partial charge in [0.2, 0.25) is 0 Å². The number of aromatic nitrogens is 4. The summed E-state index contributed by atoms with van der Waals surface area (Å²) in [5.41, 5.74) is -0.0233. The molecule has 1 aliphatic heterocycles. The minimum Gasteiger partial charge on any atom is -0.444 e. The lowest BCUT2D eigenvalue weighted by Crippen LogP contribution is -2.52. The molecule has 0 aliphatic carbocycles. The fourth-order valence-corrected chi connectivity index (χ4v) is 4.01. The Morgan fingerprint density at radius 1 is 1.35 bits per heavy atom. The van der Waals surface area contributed by atoms with E-state index in [1.165, 1.54) is 4.90 Å². The number of carbonyl (C=O) groups excluding carboxylic acids is 1. The van der Waals surface area contributed by atoms with Gasteiger partial charge in [-0.2, -0.15) is 5.10 Å². The topological polar surface area (TPSA) is 94.4 Å². The van der Waals surface area contributed by atoms with E-state index in [-0.39, 0.29) is 13.1 Å². The molecule has 3 aromatic heterocycles. The Morgan fingerprint density at radius 2 is 2.18 bits per heavy atom. The maximum atomic E-state index is 15.8. The Bertz CT molecular complexity index is 1160. The van der Waals surface area contributed by atoms with Crippen molar-refractivity contribution in [3.05, 3.63) is 36.8 Å². The van der Waals surface area contributed by atoms with Gasteiger partial charge in [0.15, 0.2) is 0 Å². The molecule has 10 heteroatoms. The molecule has 1 N–H and O–H groups in total. The van der Waals surface area contributed by atoms with Crippen LogP contribution in [0.3, 0.4) is 0 Å². The number of likely N-dealkylation sites (tertiary alicyclic amines) is 1. The number of nitrogens with one attached hydrogen (secondary N) is 1. The summed E-state index contributed by atoms with van der Waals surface area (Å²) in [5.74, 6) is 0.534. The molecule has 1 fully saturated rings. The van der Waals surface area contributed by atoms with Crippen molar-refractivity contribution in [3.8, 4) is 11.3 Å². The number of carbonyl (C=O) groups is 1. The van der Waals surface area contributed by atoms with Crippen LogP contribution in [-0.2, 0) is 16.2 Å². The van der Waals surface area contributed by atoms with Crippen molar-refractivity contribution < 1.29 is 18.7 Å². The fourth-order valence-electron chi connectivity index (χ4n) is 4.01. The molecule has 1 atom stereocenters. The Hall–Kier alpha value is -3.27. The number of hydrogen-bond acceptors (Lipinski definition) is 7. The molecule has 34 heavy (non-hydrogen) atoms. The summed E-state index contributed by atoms with van der Waals surface area (Å²) < 4.78 is 28.0. The van der Waals surface area contributed by atoms with Gasteiger partial charge in [-0.05, 0) is 51.8 Å². The van der Waals surface area contributed by atoms with Crippen LogP contribution in [0.25, 0.3) is 22.2 Å². The van der Waals surface area contributed by atoms with Crippen LogP contribution in [0, 0.1) is 0 Å². The highest BCUT2D eigenvalue weighted by Crippen LogP contribution is 2.30. The minimum atomic E-state index is -1.61. The van der Waals surface area contributed by atoms with E-state index in [4.69, 9.17) is 14.5 Å². The highest BCUT2D eigenvalue weighted by molar-refractivity contribution is 5.91. The number of anilines is 1. The van der Waals surface area contributed by atoms with Gasteiger partial charge in [-0.15, -0.1) is 0 Å². The second-order valence-electron chi connectivity index (χ2n) is 9.62. The van der Waals surface area contributed by atoms with Crippen LogP contribution < -0.4 is 5.32 Å². The molecule has 0 saturated carbocycles. The number of fused-ring (bicyclic) bond motifs is 1. The number of nitrogens with zero attached hydrogens (tertiary/aromatic N) is 5. The molecule has 182 valence electrons. The second kappa shape index (κ2) is 9.54. The van der Waals surface area contributed by atoms with E-state index in [1.807, 2.05) is 24.4 Å². The average molecular weight is 471 g/mol. The van der Waals surface area contributed by atoms with Crippen LogP contribution >= 0.6 is 0 Å². The SMILES string of the molecule is COCn1cc(-c2cc3ncccc3c(NCC3(F)CCCN(C(=O)OC(C)(C)C)C3)n2)cn1. The number of hydrogen-bond donors (Lipinski definition) is 1. The van der Waals surface area contributed by atoms with Gasteiger partial charge in [0.1, 0.15) is 23.8 Å². The normalized spacial score (nSPS) is 18.8.